The van der Waals surface area contributed by atoms with Crippen molar-refractivity contribution in [3.63, 3.8) is 0 Å². The van der Waals surface area contributed by atoms with E-state index in [4.69, 9.17) is 0 Å². The number of benzene rings is 2. The first-order valence-electron chi connectivity index (χ1n) is 10.7. The Morgan fingerprint density at radius 2 is 1.48 bits per heavy atom. The molecular weight excluding hydrogens is 358 g/mol. The molecule has 0 bridgehead atoms. The lowest BCUT2D eigenvalue weighted by Crippen LogP contribution is -2.34. The van der Waals surface area contributed by atoms with Crippen molar-refractivity contribution in [2.45, 2.75) is 51.9 Å². The molecule has 0 saturated carbocycles. The Morgan fingerprint density at radius 1 is 0.862 bits per heavy atom. The fourth-order valence-corrected chi connectivity index (χ4v) is 5.00. The van der Waals surface area contributed by atoms with Crippen LogP contribution >= 0.6 is 0 Å². The number of carbonyl (C=O) groups is 2. The number of ketones is 2. The summed E-state index contributed by atoms with van der Waals surface area (Å²) in [5.41, 5.74) is 7.56. The minimum Gasteiger partial charge on any atom is -0.371 e. The van der Waals surface area contributed by atoms with E-state index in [0.29, 0.717) is 16.7 Å². The Kier molecular flexibility index (Phi) is 4.06. The molecule has 1 aliphatic carbocycles. The first-order valence-corrected chi connectivity index (χ1v) is 10.7. The van der Waals surface area contributed by atoms with E-state index in [1.54, 1.807) is 0 Å². The molecule has 29 heavy (non-hydrogen) atoms. The van der Waals surface area contributed by atoms with Crippen LogP contribution in [0.5, 0.6) is 0 Å². The Bertz CT molecular complexity index is 1050. The van der Waals surface area contributed by atoms with E-state index >= 15 is 0 Å². The van der Waals surface area contributed by atoms with Crippen molar-refractivity contribution in [3.8, 4) is 0 Å². The van der Waals surface area contributed by atoms with Gasteiger partial charge in [-0.3, -0.25) is 9.59 Å². The highest BCUT2D eigenvalue weighted by Crippen LogP contribution is 2.37. The lowest BCUT2D eigenvalue weighted by atomic mass is 9.85. The van der Waals surface area contributed by atoms with Crippen LogP contribution in [0.25, 0.3) is 6.08 Å². The van der Waals surface area contributed by atoms with Gasteiger partial charge in [0.2, 0.25) is 0 Å². The number of allylic oxidation sites excluding steroid dienone is 1. The van der Waals surface area contributed by atoms with Gasteiger partial charge in [-0.25, -0.2) is 0 Å². The number of carbonyl (C=O) groups excluding carboxylic acids is 2. The van der Waals surface area contributed by atoms with Crippen molar-refractivity contribution >= 4 is 23.3 Å². The maximum atomic E-state index is 13.1. The van der Waals surface area contributed by atoms with Gasteiger partial charge in [0.05, 0.1) is 5.57 Å². The maximum Gasteiger partial charge on any atom is 0.197 e. The van der Waals surface area contributed by atoms with E-state index in [0.717, 1.165) is 37.1 Å². The van der Waals surface area contributed by atoms with Crippen LogP contribution in [0, 0.1) is 0 Å². The predicted molar refractivity (Wildman–Crippen MR) is 117 cm³/mol. The minimum atomic E-state index is -0.140. The molecule has 0 atom stereocenters. The number of hydrogen-bond donors (Lipinski definition) is 0. The summed E-state index contributed by atoms with van der Waals surface area (Å²) in [7, 11) is 0. The Morgan fingerprint density at radius 3 is 2.10 bits per heavy atom. The lowest BCUT2D eigenvalue weighted by Gasteiger charge is -2.37. The fraction of sp³-hybridized carbons (Fsp3) is 0.385. The molecule has 2 aromatic carbocycles. The molecule has 0 fully saturated rings. The Labute approximate surface area is 172 Å². The highest BCUT2D eigenvalue weighted by atomic mass is 16.2. The molecule has 5 rings (SSSR count). The van der Waals surface area contributed by atoms with Crippen LogP contribution in [0.3, 0.4) is 0 Å². The van der Waals surface area contributed by atoms with Crippen LogP contribution in [-0.4, -0.2) is 24.7 Å². The van der Waals surface area contributed by atoms with Gasteiger partial charge in [0.15, 0.2) is 11.6 Å². The summed E-state index contributed by atoms with van der Waals surface area (Å²) < 4.78 is 0. The van der Waals surface area contributed by atoms with Crippen LogP contribution in [0.4, 0.5) is 5.69 Å². The third kappa shape index (κ3) is 2.95. The lowest BCUT2D eigenvalue weighted by molar-refractivity contribution is 0.0990. The highest BCUT2D eigenvalue weighted by Gasteiger charge is 2.34. The molecule has 3 aliphatic rings. The van der Waals surface area contributed by atoms with Crippen LogP contribution in [0.2, 0.25) is 0 Å². The van der Waals surface area contributed by atoms with Gasteiger partial charge in [0.1, 0.15) is 0 Å². The maximum absolute atomic E-state index is 13.1. The van der Waals surface area contributed by atoms with Crippen LogP contribution in [0.1, 0.15) is 76.6 Å². The van der Waals surface area contributed by atoms with E-state index in [-0.39, 0.29) is 17.0 Å². The largest absolute Gasteiger partial charge is 0.371 e. The summed E-state index contributed by atoms with van der Waals surface area (Å²) >= 11 is 0. The highest BCUT2D eigenvalue weighted by molar-refractivity contribution is 6.41. The summed E-state index contributed by atoms with van der Waals surface area (Å²) in [6.45, 7) is 8.64. The molecule has 0 spiro atoms. The molecule has 2 aliphatic heterocycles. The normalized spacial score (nSPS) is 19.6. The summed E-state index contributed by atoms with van der Waals surface area (Å²) in [5.74, 6) is -0.275. The van der Waals surface area contributed by atoms with Gasteiger partial charge in [-0.2, -0.15) is 0 Å². The van der Waals surface area contributed by atoms with Crippen LogP contribution in [-0.2, 0) is 18.3 Å². The molecule has 0 amide bonds. The van der Waals surface area contributed by atoms with E-state index in [1.165, 1.54) is 29.7 Å². The SMILES string of the molecule is CC(C)(C)c1ccc2c(c1)C(=O)/C(=C\c1cc3c4c(c1)CCCN4CCC3)C2=O. The summed E-state index contributed by atoms with van der Waals surface area (Å²) in [5, 5.41) is 0. The third-order valence-corrected chi connectivity index (χ3v) is 6.53. The second kappa shape index (κ2) is 6.41. The number of Topliss-reactive ketones (excluding diaryl/α,β-unsaturated/α-hetero) is 2. The van der Waals surface area contributed by atoms with Gasteiger partial charge in [-0.05, 0) is 83.7 Å². The zero-order valence-corrected chi connectivity index (χ0v) is 17.5. The molecular formula is C26H27NO2. The number of nitrogens with zero attached hydrogens (tertiary/aromatic N) is 1. The quantitative estimate of drug-likeness (QED) is 0.503. The van der Waals surface area contributed by atoms with Crippen LogP contribution in [0.15, 0.2) is 35.9 Å². The number of anilines is 1. The summed E-state index contributed by atoms with van der Waals surface area (Å²) in [4.78, 5) is 28.6. The average Bonchev–Trinajstić information content (AvgIpc) is 2.92. The standard InChI is InChI=1S/C26H27NO2/c1-26(2,3)19-8-9-20-21(15-19)25(29)22(24(20)28)14-16-12-17-6-4-10-27-11-5-7-18(13-16)23(17)27/h8-9,12-15H,4-7,10-11H2,1-3H3/b22-14-. The second-order valence-corrected chi connectivity index (χ2v) is 9.61. The molecule has 3 nitrogen and oxygen atoms in total. The third-order valence-electron chi connectivity index (χ3n) is 6.53. The second-order valence-electron chi connectivity index (χ2n) is 9.61. The number of rotatable bonds is 1. The van der Waals surface area contributed by atoms with E-state index < -0.39 is 0 Å². The summed E-state index contributed by atoms with van der Waals surface area (Å²) in [6.07, 6.45) is 6.32. The molecule has 0 N–H and O–H groups in total. The minimum absolute atomic E-state index is 0.0577. The molecule has 0 radical (unpaired) electrons. The molecule has 0 aromatic heterocycles. The first-order chi connectivity index (χ1) is 13.8. The van der Waals surface area contributed by atoms with Gasteiger partial charge >= 0.3 is 0 Å². The van der Waals surface area contributed by atoms with Gasteiger partial charge < -0.3 is 4.90 Å². The van der Waals surface area contributed by atoms with Crippen molar-refractivity contribution in [2.75, 3.05) is 18.0 Å². The number of aryl methyl sites for hydroxylation is 2. The van der Waals surface area contributed by atoms with Gasteiger partial charge in [0.25, 0.3) is 0 Å². The Hall–Kier alpha value is -2.68. The van der Waals surface area contributed by atoms with Crippen molar-refractivity contribution < 1.29 is 9.59 Å². The zero-order valence-electron chi connectivity index (χ0n) is 17.5. The van der Waals surface area contributed by atoms with Gasteiger partial charge in [-0.1, -0.05) is 26.8 Å². The predicted octanol–water partition coefficient (Wildman–Crippen LogP) is 5.15. The Balaban J connectivity index is 1.56. The zero-order chi connectivity index (χ0) is 20.3. The molecule has 2 aromatic rings. The average molecular weight is 386 g/mol. The summed E-state index contributed by atoms with van der Waals surface area (Å²) in [6, 6.07) is 10.1. The fourth-order valence-electron chi connectivity index (χ4n) is 5.00. The van der Waals surface area contributed by atoms with E-state index in [2.05, 4.69) is 37.8 Å². The van der Waals surface area contributed by atoms with E-state index in [1.807, 2.05) is 24.3 Å². The van der Waals surface area contributed by atoms with Crippen molar-refractivity contribution in [1.82, 2.24) is 0 Å². The molecule has 3 heteroatoms. The van der Waals surface area contributed by atoms with Crippen molar-refractivity contribution in [1.29, 1.82) is 0 Å². The molecule has 2 heterocycles. The topological polar surface area (TPSA) is 37.4 Å². The monoisotopic (exact) mass is 385 g/mol. The van der Waals surface area contributed by atoms with Crippen molar-refractivity contribution in [3.05, 3.63) is 69.3 Å². The molecule has 0 unspecified atom stereocenters. The first kappa shape index (κ1) is 18.4. The number of hydrogen-bond acceptors (Lipinski definition) is 3. The van der Waals surface area contributed by atoms with Gasteiger partial charge in [0, 0.05) is 29.9 Å². The molecule has 0 saturated heterocycles. The van der Waals surface area contributed by atoms with Gasteiger partial charge in [-0.15, -0.1) is 0 Å². The van der Waals surface area contributed by atoms with Crippen LogP contribution < -0.4 is 4.90 Å². The number of fused-ring (bicyclic) bond motifs is 1. The van der Waals surface area contributed by atoms with E-state index in [9.17, 15) is 9.59 Å². The molecule has 148 valence electrons. The smallest absolute Gasteiger partial charge is 0.197 e. The van der Waals surface area contributed by atoms with Crippen molar-refractivity contribution in [2.24, 2.45) is 0 Å².